The molecule has 0 aliphatic rings. The first kappa shape index (κ1) is 15.0. The van der Waals surface area contributed by atoms with E-state index in [0.29, 0.717) is 25.5 Å². The zero-order valence-electron chi connectivity index (χ0n) is 10.8. The van der Waals surface area contributed by atoms with Crippen LogP contribution in [-0.2, 0) is 16.1 Å². The molecule has 1 rings (SSSR count). The van der Waals surface area contributed by atoms with Crippen molar-refractivity contribution >= 4 is 12.0 Å². The first-order valence-electron chi connectivity index (χ1n) is 5.89. The highest BCUT2D eigenvalue weighted by Gasteiger charge is 2.14. The number of furan rings is 1. The van der Waals surface area contributed by atoms with E-state index in [2.05, 4.69) is 5.32 Å². The predicted molar refractivity (Wildman–Crippen MR) is 66.6 cm³/mol. The minimum atomic E-state index is -0.949. The molecule has 2 amide bonds. The summed E-state index contributed by atoms with van der Waals surface area (Å²) in [7, 11) is 1.55. The normalized spacial score (nSPS) is 10.2. The molecule has 1 heterocycles. The lowest BCUT2D eigenvalue weighted by molar-refractivity contribution is -0.136. The van der Waals surface area contributed by atoms with Gasteiger partial charge < -0.3 is 24.5 Å². The summed E-state index contributed by atoms with van der Waals surface area (Å²) in [6.07, 6.45) is 1.43. The molecule has 7 heteroatoms. The molecule has 0 radical (unpaired) electrons. The number of nitrogens with zero attached hydrogens (tertiary/aromatic N) is 1. The van der Waals surface area contributed by atoms with Crippen molar-refractivity contribution in [2.24, 2.45) is 0 Å². The maximum Gasteiger partial charge on any atom is 0.317 e. The number of carbonyl (C=O) groups excluding carboxylic acids is 1. The highest BCUT2D eigenvalue weighted by atomic mass is 16.5. The Morgan fingerprint density at radius 2 is 2.32 bits per heavy atom. The number of hydrogen-bond acceptors (Lipinski definition) is 4. The second kappa shape index (κ2) is 8.15. The average molecular weight is 270 g/mol. The van der Waals surface area contributed by atoms with Gasteiger partial charge in [-0.25, -0.2) is 4.79 Å². The summed E-state index contributed by atoms with van der Waals surface area (Å²) in [5.74, 6) is -0.292. The number of carboxylic acids is 1. The Hall–Kier alpha value is -2.02. The van der Waals surface area contributed by atoms with E-state index in [1.165, 1.54) is 11.2 Å². The van der Waals surface area contributed by atoms with Gasteiger partial charge >= 0.3 is 12.0 Å². The van der Waals surface area contributed by atoms with Crippen molar-refractivity contribution in [2.75, 3.05) is 26.8 Å². The fraction of sp³-hybridized carbons (Fsp3) is 0.500. The number of carboxylic acid groups (broad SMARTS) is 1. The zero-order chi connectivity index (χ0) is 14.1. The Morgan fingerprint density at radius 3 is 2.89 bits per heavy atom. The first-order chi connectivity index (χ1) is 9.13. The predicted octanol–water partition coefficient (Wildman–Crippen LogP) is 0.912. The Balaban J connectivity index is 2.47. The van der Waals surface area contributed by atoms with Crippen LogP contribution in [-0.4, -0.2) is 48.8 Å². The topological polar surface area (TPSA) is 92.0 Å². The van der Waals surface area contributed by atoms with Crippen molar-refractivity contribution in [1.82, 2.24) is 10.2 Å². The number of aliphatic carboxylic acids is 1. The largest absolute Gasteiger partial charge is 0.481 e. The van der Waals surface area contributed by atoms with Gasteiger partial charge in [0.15, 0.2) is 0 Å². The van der Waals surface area contributed by atoms with Crippen LogP contribution in [0.5, 0.6) is 0 Å². The quantitative estimate of drug-likeness (QED) is 0.732. The molecule has 106 valence electrons. The van der Waals surface area contributed by atoms with E-state index in [9.17, 15) is 9.59 Å². The molecule has 0 aromatic carbocycles. The first-order valence-corrected chi connectivity index (χ1v) is 5.89. The number of urea groups is 1. The van der Waals surface area contributed by atoms with E-state index in [4.69, 9.17) is 14.3 Å². The summed E-state index contributed by atoms with van der Waals surface area (Å²) < 4.78 is 10.1. The Labute approximate surface area is 111 Å². The molecule has 0 bridgehead atoms. The lowest BCUT2D eigenvalue weighted by Crippen LogP contribution is -2.41. The third kappa shape index (κ3) is 5.91. The SMILES string of the molecule is COCCN(Cc1ccco1)C(=O)NCCC(=O)O. The van der Waals surface area contributed by atoms with Gasteiger partial charge in [-0.15, -0.1) is 0 Å². The fourth-order valence-corrected chi connectivity index (χ4v) is 1.43. The van der Waals surface area contributed by atoms with Gasteiger partial charge in [-0.2, -0.15) is 0 Å². The molecule has 19 heavy (non-hydrogen) atoms. The van der Waals surface area contributed by atoms with E-state index in [1.54, 1.807) is 19.2 Å². The van der Waals surface area contributed by atoms with E-state index < -0.39 is 5.97 Å². The van der Waals surface area contributed by atoms with Crippen LogP contribution in [0.2, 0.25) is 0 Å². The molecule has 1 aromatic heterocycles. The van der Waals surface area contributed by atoms with E-state index in [1.807, 2.05) is 0 Å². The monoisotopic (exact) mass is 270 g/mol. The molecule has 1 aromatic rings. The van der Waals surface area contributed by atoms with Crippen LogP contribution in [0, 0.1) is 0 Å². The van der Waals surface area contributed by atoms with Crippen LogP contribution < -0.4 is 5.32 Å². The van der Waals surface area contributed by atoms with Crippen LogP contribution in [0.25, 0.3) is 0 Å². The summed E-state index contributed by atoms with van der Waals surface area (Å²) in [6, 6.07) is 3.17. The van der Waals surface area contributed by atoms with Crippen molar-refractivity contribution in [3.8, 4) is 0 Å². The fourth-order valence-electron chi connectivity index (χ4n) is 1.43. The summed E-state index contributed by atoms with van der Waals surface area (Å²) in [4.78, 5) is 23.8. The van der Waals surface area contributed by atoms with Crippen LogP contribution in [0.4, 0.5) is 4.79 Å². The van der Waals surface area contributed by atoms with Gasteiger partial charge in [-0.3, -0.25) is 4.79 Å². The number of hydrogen-bond donors (Lipinski definition) is 2. The second-order valence-electron chi connectivity index (χ2n) is 3.87. The number of amides is 2. The summed E-state index contributed by atoms with van der Waals surface area (Å²) in [6.45, 7) is 1.20. The molecule has 2 N–H and O–H groups in total. The number of nitrogens with one attached hydrogen (secondary N) is 1. The minimum absolute atomic E-state index is 0.0931. The van der Waals surface area contributed by atoms with Gasteiger partial charge in [0.05, 0.1) is 25.8 Å². The van der Waals surface area contributed by atoms with Crippen LogP contribution >= 0.6 is 0 Å². The van der Waals surface area contributed by atoms with Gasteiger partial charge in [-0.05, 0) is 12.1 Å². The van der Waals surface area contributed by atoms with Gasteiger partial charge in [-0.1, -0.05) is 0 Å². The Bertz CT molecular complexity index is 391. The molecule has 0 spiro atoms. The van der Waals surface area contributed by atoms with Crippen LogP contribution in [0.1, 0.15) is 12.2 Å². The van der Waals surface area contributed by atoms with Gasteiger partial charge in [0.25, 0.3) is 0 Å². The van der Waals surface area contributed by atoms with Crippen molar-refractivity contribution in [1.29, 1.82) is 0 Å². The highest BCUT2D eigenvalue weighted by Crippen LogP contribution is 2.05. The maximum atomic E-state index is 11.9. The number of rotatable bonds is 8. The summed E-state index contributed by atoms with van der Waals surface area (Å²) >= 11 is 0. The Morgan fingerprint density at radius 1 is 1.53 bits per heavy atom. The molecule has 0 aliphatic carbocycles. The van der Waals surface area contributed by atoms with E-state index in [0.717, 1.165) is 0 Å². The third-order valence-corrected chi connectivity index (χ3v) is 2.39. The molecule has 0 saturated carbocycles. The third-order valence-electron chi connectivity index (χ3n) is 2.39. The Kier molecular flexibility index (Phi) is 6.45. The average Bonchev–Trinajstić information content (AvgIpc) is 2.86. The van der Waals surface area contributed by atoms with E-state index in [-0.39, 0.29) is 19.0 Å². The minimum Gasteiger partial charge on any atom is -0.481 e. The van der Waals surface area contributed by atoms with Crippen LogP contribution in [0.15, 0.2) is 22.8 Å². The standard InChI is InChI=1S/C12H18N2O5/c1-18-8-6-14(9-10-3-2-7-19-10)12(17)13-5-4-11(15)16/h2-3,7H,4-6,8-9H2,1H3,(H,13,17)(H,15,16). The molecule has 7 nitrogen and oxygen atoms in total. The van der Waals surface area contributed by atoms with Gasteiger partial charge in [0, 0.05) is 20.2 Å². The smallest absolute Gasteiger partial charge is 0.317 e. The number of ether oxygens (including phenoxy) is 1. The molecule has 0 atom stereocenters. The summed E-state index contributed by atoms with van der Waals surface area (Å²) in [5, 5.41) is 11.1. The number of carbonyl (C=O) groups is 2. The van der Waals surface area contributed by atoms with Crippen LogP contribution in [0.3, 0.4) is 0 Å². The van der Waals surface area contributed by atoms with Crippen molar-refractivity contribution in [3.05, 3.63) is 24.2 Å². The summed E-state index contributed by atoms with van der Waals surface area (Å²) in [5.41, 5.74) is 0. The maximum absolute atomic E-state index is 11.9. The molecule has 0 fully saturated rings. The van der Waals surface area contributed by atoms with Crippen molar-refractivity contribution < 1.29 is 23.8 Å². The van der Waals surface area contributed by atoms with Gasteiger partial charge in [0.2, 0.25) is 0 Å². The highest BCUT2D eigenvalue weighted by molar-refractivity contribution is 5.75. The number of methoxy groups -OCH3 is 1. The van der Waals surface area contributed by atoms with Crippen molar-refractivity contribution in [3.63, 3.8) is 0 Å². The van der Waals surface area contributed by atoms with E-state index >= 15 is 0 Å². The second-order valence-corrected chi connectivity index (χ2v) is 3.87. The van der Waals surface area contributed by atoms with Crippen molar-refractivity contribution in [2.45, 2.75) is 13.0 Å². The molecule has 0 unspecified atom stereocenters. The molecule has 0 aliphatic heterocycles. The molecular formula is C12H18N2O5. The molecular weight excluding hydrogens is 252 g/mol. The zero-order valence-corrected chi connectivity index (χ0v) is 10.8. The lowest BCUT2D eigenvalue weighted by atomic mass is 10.4. The molecule has 0 saturated heterocycles. The lowest BCUT2D eigenvalue weighted by Gasteiger charge is -2.21. The van der Waals surface area contributed by atoms with Gasteiger partial charge in [0.1, 0.15) is 5.76 Å².